The summed E-state index contributed by atoms with van der Waals surface area (Å²) in [6, 6.07) is 4.20. The molecule has 0 spiro atoms. The van der Waals surface area contributed by atoms with Crippen molar-refractivity contribution in [2.75, 3.05) is 0 Å². The van der Waals surface area contributed by atoms with Gasteiger partial charge in [-0.15, -0.1) is 0 Å². The van der Waals surface area contributed by atoms with Crippen molar-refractivity contribution in [1.29, 1.82) is 0 Å². The predicted octanol–water partition coefficient (Wildman–Crippen LogP) is 5.98. The van der Waals surface area contributed by atoms with E-state index in [4.69, 9.17) is 32.5 Å². The molecule has 1 saturated heterocycles. The summed E-state index contributed by atoms with van der Waals surface area (Å²) in [5.41, 5.74) is 1.89. The molecule has 3 fully saturated rings. The Bertz CT molecular complexity index is 1030. The summed E-state index contributed by atoms with van der Waals surface area (Å²) in [5.74, 6) is -0.888. The molecule has 2 heterocycles. The number of carbonyl (C=O) groups is 1. The lowest BCUT2D eigenvalue weighted by molar-refractivity contribution is -0.191. The standard InChI is InChI=1S/C22H21Cl2F3N2O3/c1-10-13-7-12(29(10)21(30)22(25,26)27)8-17(13)31-9-14-19(28-32-20(14)11-5-6-11)18-15(23)3-2-4-16(18)24/h2-4,10-13,17H,5-9H2,1H3. The van der Waals surface area contributed by atoms with Crippen molar-refractivity contribution in [1.82, 2.24) is 10.1 Å². The lowest BCUT2D eigenvalue weighted by Crippen LogP contribution is -2.52. The van der Waals surface area contributed by atoms with Gasteiger partial charge in [0.2, 0.25) is 0 Å². The van der Waals surface area contributed by atoms with Crippen molar-refractivity contribution >= 4 is 29.1 Å². The first-order valence-electron chi connectivity index (χ1n) is 10.6. The van der Waals surface area contributed by atoms with Gasteiger partial charge in [0.05, 0.1) is 22.8 Å². The maximum Gasteiger partial charge on any atom is 0.471 e. The van der Waals surface area contributed by atoms with Crippen LogP contribution in [0.5, 0.6) is 0 Å². The third-order valence-electron chi connectivity index (χ3n) is 6.86. The Hall–Kier alpha value is -1.77. The highest BCUT2D eigenvalue weighted by Crippen LogP contribution is 2.48. The van der Waals surface area contributed by atoms with Crippen LogP contribution in [0.2, 0.25) is 10.0 Å². The zero-order valence-corrected chi connectivity index (χ0v) is 18.7. The van der Waals surface area contributed by atoms with Crippen LogP contribution in [-0.4, -0.2) is 40.3 Å². The van der Waals surface area contributed by atoms with Gasteiger partial charge in [-0.1, -0.05) is 34.4 Å². The summed E-state index contributed by atoms with van der Waals surface area (Å²) in [6.45, 7) is 1.86. The number of hydrogen-bond acceptors (Lipinski definition) is 4. The number of amides is 1. The quantitative estimate of drug-likeness (QED) is 0.519. The van der Waals surface area contributed by atoms with Crippen LogP contribution in [0.25, 0.3) is 11.3 Å². The van der Waals surface area contributed by atoms with Crippen LogP contribution in [0.3, 0.4) is 0 Å². The fraction of sp³-hybridized carbons (Fsp3) is 0.545. The van der Waals surface area contributed by atoms with Crippen molar-refractivity contribution in [2.24, 2.45) is 5.92 Å². The first-order valence-corrected chi connectivity index (χ1v) is 11.4. The van der Waals surface area contributed by atoms with E-state index in [0.717, 1.165) is 29.1 Å². The first kappa shape index (κ1) is 22.0. The Morgan fingerprint density at radius 3 is 2.53 bits per heavy atom. The summed E-state index contributed by atoms with van der Waals surface area (Å²) >= 11 is 12.8. The predicted molar refractivity (Wildman–Crippen MR) is 111 cm³/mol. The molecule has 1 aromatic carbocycles. The second-order valence-corrected chi connectivity index (χ2v) is 9.65. The van der Waals surface area contributed by atoms with Crippen molar-refractivity contribution < 1.29 is 27.2 Å². The number of carbonyl (C=O) groups excluding carboxylic acids is 1. The monoisotopic (exact) mass is 488 g/mol. The zero-order chi connectivity index (χ0) is 22.8. The molecular weight excluding hydrogens is 468 g/mol. The minimum absolute atomic E-state index is 0.150. The Kier molecular flexibility index (Phi) is 5.46. The van der Waals surface area contributed by atoms with Gasteiger partial charge in [0.1, 0.15) is 11.5 Å². The van der Waals surface area contributed by atoms with Crippen LogP contribution in [0.4, 0.5) is 13.2 Å². The molecule has 1 amide bonds. The lowest BCUT2D eigenvalue weighted by Gasteiger charge is -2.37. The largest absolute Gasteiger partial charge is 0.471 e. The van der Waals surface area contributed by atoms with E-state index in [1.54, 1.807) is 25.1 Å². The van der Waals surface area contributed by atoms with E-state index in [2.05, 4.69) is 5.16 Å². The number of halogens is 5. The van der Waals surface area contributed by atoms with Gasteiger partial charge in [0.25, 0.3) is 0 Å². The molecule has 172 valence electrons. The molecule has 5 rings (SSSR count). The zero-order valence-electron chi connectivity index (χ0n) is 17.2. The Balaban J connectivity index is 1.36. The minimum atomic E-state index is -4.86. The number of piperidine rings is 1. The number of rotatable bonds is 5. The number of likely N-dealkylation sites (tertiary alicyclic amines) is 1. The number of ether oxygens (including phenoxy) is 1. The van der Waals surface area contributed by atoms with E-state index in [1.807, 2.05) is 0 Å². The van der Waals surface area contributed by atoms with E-state index >= 15 is 0 Å². The molecule has 4 atom stereocenters. The molecule has 1 aromatic heterocycles. The van der Waals surface area contributed by atoms with E-state index in [1.165, 1.54) is 0 Å². The van der Waals surface area contributed by atoms with E-state index in [0.29, 0.717) is 34.1 Å². The topological polar surface area (TPSA) is 55.6 Å². The van der Waals surface area contributed by atoms with Gasteiger partial charge in [0.15, 0.2) is 0 Å². The molecule has 10 heteroatoms. The van der Waals surface area contributed by atoms with Gasteiger partial charge in [0, 0.05) is 35.0 Å². The van der Waals surface area contributed by atoms with E-state index in [-0.39, 0.29) is 24.5 Å². The third kappa shape index (κ3) is 3.70. The number of fused-ring (bicyclic) bond motifs is 2. The fourth-order valence-electron chi connectivity index (χ4n) is 5.21. The summed E-state index contributed by atoms with van der Waals surface area (Å²) in [5, 5.41) is 5.13. The van der Waals surface area contributed by atoms with Gasteiger partial charge in [-0.05, 0) is 44.7 Å². The Morgan fingerprint density at radius 1 is 1.25 bits per heavy atom. The number of benzene rings is 1. The first-order chi connectivity index (χ1) is 15.2. The Labute approximate surface area is 192 Å². The number of nitrogens with zero attached hydrogens (tertiary/aromatic N) is 2. The van der Waals surface area contributed by atoms with Crippen LogP contribution in [0, 0.1) is 5.92 Å². The van der Waals surface area contributed by atoms with Crippen LogP contribution >= 0.6 is 23.2 Å². The average molecular weight is 489 g/mol. The number of alkyl halides is 3. The molecule has 32 heavy (non-hydrogen) atoms. The minimum Gasteiger partial charge on any atom is -0.373 e. The van der Waals surface area contributed by atoms with E-state index < -0.39 is 24.2 Å². The Morgan fingerprint density at radius 2 is 1.94 bits per heavy atom. The summed E-state index contributed by atoms with van der Waals surface area (Å²) in [7, 11) is 0. The van der Waals surface area contributed by atoms with Gasteiger partial charge in [-0.25, -0.2) is 0 Å². The second-order valence-electron chi connectivity index (χ2n) is 8.83. The van der Waals surface area contributed by atoms with Crippen molar-refractivity contribution in [2.45, 2.75) is 69.5 Å². The maximum absolute atomic E-state index is 13.0. The molecule has 0 radical (unpaired) electrons. The molecule has 2 aromatic rings. The lowest BCUT2D eigenvalue weighted by atomic mass is 9.97. The summed E-state index contributed by atoms with van der Waals surface area (Å²) < 4.78 is 50.8. The third-order valence-corrected chi connectivity index (χ3v) is 7.49. The maximum atomic E-state index is 13.0. The second kappa shape index (κ2) is 7.92. The van der Waals surface area contributed by atoms with Gasteiger partial charge < -0.3 is 14.2 Å². The normalized spacial score (nSPS) is 27.4. The molecule has 2 saturated carbocycles. The van der Waals surface area contributed by atoms with E-state index in [9.17, 15) is 18.0 Å². The molecule has 4 unspecified atom stereocenters. The van der Waals surface area contributed by atoms with Crippen LogP contribution < -0.4 is 0 Å². The highest BCUT2D eigenvalue weighted by atomic mass is 35.5. The smallest absolute Gasteiger partial charge is 0.373 e. The van der Waals surface area contributed by atoms with Gasteiger partial charge in [-0.2, -0.15) is 13.2 Å². The number of hydrogen-bond donors (Lipinski definition) is 0. The van der Waals surface area contributed by atoms with Crippen LogP contribution in [0.15, 0.2) is 22.7 Å². The fourth-order valence-corrected chi connectivity index (χ4v) is 5.78. The van der Waals surface area contributed by atoms with Crippen molar-refractivity contribution in [3.05, 3.63) is 39.6 Å². The summed E-state index contributed by atoms with van der Waals surface area (Å²) in [6.07, 6.45) is -2.22. The molecule has 1 aliphatic heterocycles. The van der Waals surface area contributed by atoms with Crippen molar-refractivity contribution in [3.8, 4) is 11.3 Å². The average Bonchev–Trinajstić information content (AvgIpc) is 3.23. The molecular formula is C22H21Cl2F3N2O3. The molecule has 2 bridgehead atoms. The van der Waals surface area contributed by atoms with Crippen molar-refractivity contribution in [3.63, 3.8) is 0 Å². The highest BCUT2D eigenvalue weighted by Gasteiger charge is 2.57. The van der Waals surface area contributed by atoms with Crippen LogP contribution in [0.1, 0.15) is 49.8 Å². The molecule has 5 nitrogen and oxygen atoms in total. The summed E-state index contributed by atoms with van der Waals surface area (Å²) in [4.78, 5) is 12.8. The molecule has 3 aliphatic rings. The van der Waals surface area contributed by atoms with Gasteiger partial charge in [-0.3, -0.25) is 4.79 Å². The van der Waals surface area contributed by atoms with Crippen LogP contribution in [-0.2, 0) is 16.1 Å². The molecule has 0 N–H and O–H groups in total. The van der Waals surface area contributed by atoms with Gasteiger partial charge >= 0.3 is 12.1 Å². The molecule has 2 aliphatic carbocycles. The number of aromatic nitrogens is 1. The highest BCUT2D eigenvalue weighted by molar-refractivity contribution is 6.39. The SMILES string of the molecule is CC1C2CC(CC2OCc2c(-c3c(Cl)cccc3Cl)noc2C2CC2)N1C(=O)C(F)(F)F.